The molecule has 8 heteroatoms. The number of ether oxygens (including phenoxy) is 2. The largest absolute Gasteiger partial charge is 0.458 e. The fraction of sp³-hybridized carbons (Fsp3) is 0.500. The number of hydrogen-bond donors (Lipinski definition) is 2. The van der Waals surface area contributed by atoms with Gasteiger partial charge in [0.15, 0.2) is 0 Å². The van der Waals surface area contributed by atoms with Gasteiger partial charge in [-0.1, -0.05) is 39.0 Å². The number of rotatable bonds is 6. The molecular formula is C20H28N2O6. The van der Waals surface area contributed by atoms with E-state index < -0.39 is 40.8 Å². The third kappa shape index (κ3) is 8.20. The molecule has 1 aromatic rings. The first kappa shape index (κ1) is 23.1. The van der Waals surface area contributed by atoms with Gasteiger partial charge in [-0.05, 0) is 32.9 Å². The first-order valence-corrected chi connectivity index (χ1v) is 8.88. The molecule has 0 radical (unpaired) electrons. The van der Waals surface area contributed by atoms with E-state index >= 15 is 0 Å². The van der Waals surface area contributed by atoms with Gasteiger partial charge in [-0.2, -0.15) is 0 Å². The zero-order chi connectivity index (χ0) is 21.5. The molecule has 1 atom stereocenters. The summed E-state index contributed by atoms with van der Waals surface area (Å²) in [6, 6.07) is 7.05. The van der Waals surface area contributed by atoms with Gasteiger partial charge >= 0.3 is 12.1 Å². The second-order valence-electron chi connectivity index (χ2n) is 8.22. The summed E-state index contributed by atoms with van der Waals surface area (Å²) in [4.78, 5) is 48.5. The molecule has 0 heterocycles. The van der Waals surface area contributed by atoms with Crippen molar-refractivity contribution < 1.29 is 28.7 Å². The van der Waals surface area contributed by atoms with Crippen LogP contribution in [0.5, 0.6) is 5.75 Å². The number of nitrogens with one attached hydrogen (secondary N) is 2. The van der Waals surface area contributed by atoms with Crippen molar-refractivity contribution >= 4 is 23.8 Å². The molecule has 0 aliphatic rings. The minimum absolute atomic E-state index is 0.287. The van der Waals surface area contributed by atoms with Crippen LogP contribution in [0.1, 0.15) is 41.5 Å². The third-order valence-corrected chi connectivity index (χ3v) is 3.29. The molecule has 0 bridgehead atoms. The monoisotopic (exact) mass is 392 g/mol. The predicted molar refractivity (Wildman–Crippen MR) is 103 cm³/mol. The summed E-state index contributed by atoms with van der Waals surface area (Å²) in [5, 5.41) is 4.72. The van der Waals surface area contributed by atoms with Crippen molar-refractivity contribution in [3.05, 3.63) is 30.3 Å². The molecule has 0 saturated carbocycles. The Morgan fingerprint density at radius 3 is 2.04 bits per heavy atom. The molecule has 28 heavy (non-hydrogen) atoms. The van der Waals surface area contributed by atoms with Crippen LogP contribution in [0.15, 0.2) is 30.3 Å². The molecule has 8 nitrogen and oxygen atoms in total. The third-order valence-electron chi connectivity index (χ3n) is 3.29. The highest BCUT2D eigenvalue weighted by atomic mass is 16.6. The van der Waals surface area contributed by atoms with Crippen LogP contribution in [0.4, 0.5) is 4.79 Å². The van der Waals surface area contributed by atoms with Gasteiger partial charge in [-0.15, -0.1) is 0 Å². The number of Topliss-reactive ketones (excluding diaryl/α,β-unsaturated/α-hetero) is 1. The quantitative estimate of drug-likeness (QED) is 0.567. The van der Waals surface area contributed by atoms with Gasteiger partial charge in [0.25, 0.3) is 5.91 Å². The number of carbonyl (C=O) groups excluding carboxylic acids is 4. The van der Waals surface area contributed by atoms with Crippen LogP contribution in [-0.2, 0) is 19.1 Å². The van der Waals surface area contributed by atoms with Crippen molar-refractivity contribution in [2.45, 2.75) is 53.2 Å². The van der Waals surface area contributed by atoms with Crippen molar-refractivity contribution in [3.8, 4) is 5.75 Å². The van der Waals surface area contributed by atoms with Crippen LogP contribution in [-0.4, -0.2) is 41.9 Å². The normalized spacial score (nSPS) is 12.5. The lowest BCUT2D eigenvalue weighted by Crippen LogP contribution is -2.52. The average Bonchev–Trinajstić information content (AvgIpc) is 2.56. The zero-order valence-electron chi connectivity index (χ0n) is 17.1. The van der Waals surface area contributed by atoms with Crippen LogP contribution in [0, 0.1) is 5.41 Å². The highest BCUT2D eigenvalue weighted by Gasteiger charge is 2.31. The van der Waals surface area contributed by atoms with Gasteiger partial charge in [-0.25, -0.2) is 9.59 Å². The van der Waals surface area contributed by atoms with E-state index in [1.54, 1.807) is 71.9 Å². The van der Waals surface area contributed by atoms with E-state index in [1.165, 1.54) is 0 Å². The molecule has 2 N–H and O–H groups in total. The predicted octanol–water partition coefficient (Wildman–Crippen LogP) is 2.22. The van der Waals surface area contributed by atoms with Crippen LogP contribution in [0.25, 0.3) is 0 Å². The van der Waals surface area contributed by atoms with Gasteiger partial charge in [0.2, 0.25) is 5.78 Å². The van der Waals surface area contributed by atoms with Gasteiger partial charge in [0, 0.05) is 12.0 Å². The first-order valence-electron chi connectivity index (χ1n) is 8.88. The number of para-hydroxylation sites is 1. The van der Waals surface area contributed by atoms with Gasteiger partial charge in [-0.3, -0.25) is 9.59 Å². The standard InChI is InChI=1S/C20H28N2O6/c1-19(2,3)15(23)16(24)21-12-14(17(25)28-20(4,5)6)22-18(26)27-13-10-8-7-9-11-13/h7-11,14H,12H2,1-6H3,(H,21,24)(H,22,26)/t14-/m0/s1. The lowest BCUT2D eigenvalue weighted by molar-refractivity contribution is -0.157. The molecule has 0 aliphatic heterocycles. The molecule has 0 unspecified atom stereocenters. The highest BCUT2D eigenvalue weighted by Crippen LogP contribution is 2.14. The van der Waals surface area contributed by atoms with E-state index in [2.05, 4.69) is 10.6 Å². The van der Waals surface area contributed by atoms with Crippen molar-refractivity contribution in [1.82, 2.24) is 10.6 Å². The maximum atomic E-state index is 12.4. The topological polar surface area (TPSA) is 111 Å². The first-order chi connectivity index (χ1) is 12.8. The fourth-order valence-electron chi connectivity index (χ4n) is 1.95. The molecule has 154 valence electrons. The van der Waals surface area contributed by atoms with E-state index in [4.69, 9.17) is 9.47 Å². The second-order valence-corrected chi connectivity index (χ2v) is 8.22. The Balaban J connectivity index is 2.81. The molecule has 1 rings (SSSR count). The van der Waals surface area contributed by atoms with Gasteiger partial charge in [0.1, 0.15) is 17.4 Å². The average molecular weight is 392 g/mol. The molecule has 0 spiro atoms. The Kier molecular flexibility index (Phi) is 7.72. The second kappa shape index (κ2) is 9.34. The van der Waals surface area contributed by atoms with E-state index in [0.717, 1.165) is 0 Å². The number of carbonyl (C=O) groups is 4. The number of ketones is 1. The van der Waals surface area contributed by atoms with Crippen LogP contribution >= 0.6 is 0 Å². The Morgan fingerprint density at radius 1 is 0.964 bits per heavy atom. The smallest absolute Gasteiger partial charge is 0.413 e. The summed E-state index contributed by atoms with van der Waals surface area (Å²) < 4.78 is 10.4. The lowest BCUT2D eigenvalue weighted by atomic mass is 9.90. The highest BCUT2D eigenvalue weighted by molar-refractivity contribution is 6.37. The maximum Gasteiger partial charge on any atom is 0.413 e. The molecule has 2 amide bonds. The van der Waals surface area contributed by atoms with Crippen LogP contribution in [0.3, 0.4) is 0 Å². The number of benzene rings is 1. The minimum Gasteiger partial charge on any atom is -0.458 e. The molecule has 1 aromatic carbocycles. The van der Waals surface area contributed by atoms with E-state index in [1.807, 2.05) is 0 Å². The fourth-order valence-corrected chi connectivity index (χ4v) is 1.95. The number of hydrogen-bond acceptors (Lipinski definition) is 6. The van der Waals surface area contributed by atoms with Crippen LogP contribution < -0.4 is 15.4 Å². The van der Waals surface area contributed by atoms with Crippen LogP contribution in [0.2, 0.25) is 0 Å². The van der Waals surface area contributed by atoms with Gasteiger partial charge in [0.05, 0.1) is 0 Å². The van der Waals surface area contributed by atoms with Gasteiger partial charge < -0.3 is 20.1 Å². The number of amides is 2. The molecule has 0 aromatic heterocycles. The van der Waals surface area contributed by atoms with E-state index in [-0.39, 0.29) is 12.3 Å². The number of esters is 1. The lowest BCUT2D eigenvalue weighted by Gasteiger charge is -2.25. The summed E-state index contributed by atoms with van der Waals surface area (Å²) in [5.74, 6) is -1.96. The molecule has 0 aliphatic carbocycles. The van der Waals surface area contributed by atoms with Crippen molar-refractivity contribution in [1.29, 1.82) is 0 Å². The summed E-state index contributed by atoms with van der Waals surface area (Å²) in [6.45, 7) is 9.52. The Labute approximate surface area is 165 Å². The van der Waals surface area contributed by atoms with E-state index in [9.17, 15) is 19.2 Å². The Morgan fingerprint density at radius 2 is 1.54 bits per heavy atom. The summed E-state index contributed by atoms with van der Waals surface area (Å²) in [7, 11) is 0. The maximum absolute atomic E-state index is 12.4. The summed E-state index contributed by atoms with van der Waals surface area (Å²) in [5.41, 5.74) is -1.67. The Hall–Kier alpha value is -2.90. The Bertz CT molecular complexity index is 716. The minimum atomic E-state index is -1.23. The van der Waals surface area contributed by atoms with E-state index in [0.29, 0.717) is 0 Å². The summed E-state index contributed by atoms with van der Waals surface area (Å²) in [6.07, 6.45) is -0.890. The van der Waals surface area contributed by atoms with Crippen molar-refractivity contribution in [2.24, 2.45) is 5.41 Å². The molecule has 0 fully saturated rings. The van der Waals surface area contributed by atoms with Crippen molar-refractivity contribution in [2.75, 3.05) is 6.54 Å². The zero-order valence-corrected chi connectivity index (χ0v) is 17.1. The molecule has 0 saturated heterocycles. The SMILES string of the molecule is CC(C)(C)OC(=O)[C@H](CNC(=O)C(=O)C(C)(C)C)NC(=O)Oc1ccccc1. The van der Waals surface area contributed by atoms with Crippen molar-refractivity contribution in [3.63, 3.8) is 0 Å². The summed E-state index contributed by atoms with van der Waals surface area (Å²) >= 11 is 0. The molecular weight excluding hydrogens is 364 g/mol.